The van der Waals surface area contributed by atoms with E-state index in [1.54, 1.807) is 24.3 Å². The summed E-state index contributed by atoms with van der Waals surface area (Å²) in [5.74, 6) is -0.915. The molecule has 0 amide bonds. The maximum Gasteiger partial charge on any atom is 0.151 e. The summed E-state index contributed by atoms with van der Waals surface area (Å²) in [6.07, 6.45) is 0. The molecule has 66 valence electrons. The summed E-state index contributed by atoms with van der Waals surface area (Å²) in [6.45, 7) is 1.39. The molecule has 2 N–H and O–H groups in total. The smallest absolute Gasteiger partial charge is 0.151 e. The van der Waals surface area contributed by atoms with Gasteiger partial charge in [0, 0.05) is 5.69 Å². The molecule has 0 spiro atoms. The van der Waals surface area contributed by atoms with E-state index in [1.165, 1.54) is 6.92 Å². The molecule has 0 aromatic heterocycles. The number of para-hydroxylation sites is 1. The zero-order valence-electron chi connectivity index (χ0n) is 7.32. The Kier molecular flexibility index (Phi) is 2.65. The molecule has 0 aliphatic carbocycles. The Balaban J connectivity index is 3.14. The summed E-state index contributed by atoms with van der Waals surface area (Å²) >= 11 is 0. The molecule has 0 saturated carbocycles. The van der Waals surface area contributed by atoms with E-state index in [2.05, 4.69) is 0 Å². The first-order chi connectivity index (χ1) is 6.16. The van der Waals surface area contributed by atoms with Crippen LogP contribution in [0.4, 0.5) is 5.69 Å². The number of rotatable bonds is 2. The summed E-state index contributed by atoms with van der Waals surface area (Å²) in [5.41, 5.74) is 6.72. The van der Waals surface area contributed by atoms with Gasteiger partial charge in [-0.3, -0.25) is 4.79 Å². The molecule has 1 rings (SSSR count). The fourth-order valence-electron chi connectivity index (χ4n) is 1.15. The first-order valence-corrected chi connectivity index (χ1v) is 3.91. The molecular formula is C10H10N2O. The predicted octanol–water partition coefficient (Wildman–Crippen LogP) is 1.46. The Hall–Kier alpha value is -1.82. The van der Waals surface area contributed by atoms with Crippen molar-refractivity contribution in [1.82, 2.24) is 0 Å². The van der Waals surface area contributed by atoms with Gasteiger partial charge in [-0.25, -0.2) is 0 Å². The summed E-state index contributed by atoms with van der Waals surface area (Å²) in [5, 5.41) is 8.75. The first kappa shape index (κ1) is 9.27. The van der Waals surface area contributed by atoms with Crippen LogP contribution in [0, 0.1) is 11.3 Å². The van der Waals surface area contributed by atoms with Gasteiger partial charge in [0.1, 0.15) is 5.92 Å². The third-order valence-electron chi connectivity index (χ3n) is 1.84. The van der Waals surface area contributed by atoms with Gasteiger partial charge in [-0.15, -0.1) is 0 Å². The lowest BCUT2D eigenvalue weighted by Crippen LogP contribution is -2.08. The van der Waals surface area contributed by atoms with Gasteiger partial charge in [0.05, 0.1) is 6.07 Å². The van der Waals surface area contributed by atoms with Crippen molar-refractivity contribution in [2.75, 3.05) is 5.73 Å². The zero-order chi connectivity index (χ0) is 9.84. The molecule has 0 bridgehead atoms. The van der Waals surface area contributed by atoms with Crippen molar-refractivity contribution in [3.8, 4) is 6.07 Å². The highest BCUT2D eigenvalue weighted by Gasteiger charge is 2.17. The second-order valence-electron chi connectivity index (χ2n) is 2.80. The van der Waals surface area contributed by atoms with E-state index >= 15 is 0 Å². The van der Waals surface area contributed by atoms with Crippen LogP contribution in [-0.4, -0.2) is 5.78 Å². The number of nitrogen functional groups attached to an aromatic ring is 1. The average Bonchev–Trinajstić information content (AvgIpc) is 2.09. The fraction of sp³-hybridized carbons (Fsp3) is 0.200. The quantitative estimate of drug-likeness (QED) is 0.690. The molecule has 3 nitrogen and oxygen atoms in total. The van der Waals surface area contributed by atoms with Crippen LogP contribution in [0.2, 0.25) is 0 Å². The minimum absolute atomic E-state index is 0.180. The van der Waals surface area contributed by atoms with Gasteiger partial charge >= 0.3 is 0 Å². The number of carbonyl (C=O) groups excluding carboxylic acids is 1. The number of anilines is 1. The Bertz CT molecular complexity index is 365. The van der Waals surface area contributed by atoms with Crippen LogP contribution in [0.5, 0.6) is 0 Å². The number of hydrogen-bond donors (Lipinski definition) is 1. The van der Waals surface area contributed by atoms with Gasteiger partial charge in [-0.2, -0.15) is 5.26 Å². The van der Waals surface area contributed by atoms with Crippen LogP contribution in [0.1, 0.15) is 18.4 Å². The van der Waals surface area contributed by atoms with E-state index in [4.69, 9.17) is 11.0 Å². The van der Waals surface area contributed by atoms with Crippen molar-refractivity contribution in [3.63, 3.8) is 0 Å². The minimum atomic E-state index is -0.735. The molecule has 3 heteroatoms. The van der Waals surface area contributed by atoms with Gasteiger partial charge in [-0.1, -0.05) is 18.2 Å². The number of Topliss-reactive ketones (excluding diaryl/α,β-unsaturated/α-hetero) is 1. The fourth-order valence-corrected chi connectivity index (χ4v) is 1.15. The summed E-state index contributed by atoms with van der Waals surface area (Å²) < 4.78 is 0. The van der Waals surface area contributed by atoms with Gasteiger partial charge in [0.2, 0.25) is 0 Å². The van der Waals surface area contributed by atoms with Crippen molar-refractivity contribution in [2.45, 2.75) is 12.8 Å². The summed E-state index contributed by atoms with van der Waals surface area (Å²) in [4.78, 5) is 11.0. The molecule has 0 saturated heterocycles. The number of ketones is 1. The zero-order valence-corrected chi connectivity index (χ0v) is 7.32. The van der Waals surface area contributed by atoms with E-state index in [1.807, 2.05) is 6.07 Å². The van der Waals surface area contributed by atoms with Crippen molar-refractivity contribution in [3.05, 3.63) is 29.8 Å². The Morgan fingerprint density at radius 1 is 1.54 bits per heavy atom. The van der Waals surface area contributed by atoms with Crippen molar-refractivity contribution in [1.29, 1.82) is 5.26 Å². The lowest BCUT2D eigenvalue weighted by molar-refractivity contribution is -0.117. The van der Waals surface area contributed by atoms with Gasteiger partial charge in [0.15, 0.2) is 5.78 Å². The molecule has 0 aliphatic heterocycles. The normalized spacial score (nSPS) is 11.7. The van der Waals surface area contributed by atoms with E-state index in [-0.39, 0.29) is 5.78 Å². The van der Waals surface area contributed by atoms with Crippen LogP contribution in [0.25, 0.3) is 0 Å². The number of benzene rings is 1. The molecule has 0 radical (unpaired) electrons. The highest BCUT2D eigenvalue weighted by Crippen LogP contribution is 2.21. The lowest BCUT2D eigenvalue weighted by atomic mass is 9.96. The van der Waals surface area contributed by atoms with Crippen LogP contribution in [-0.2, 0) is 4.79 Å². The molecular weight excluding hydrogens is 164 g/mol. The largest absolute Gasteiger partial charge is 0.398 e. The Labute approximate surface area is 76.8 Å². The maximum atomic E-state index is 11.0. The first-order valence-electron chi connectivity index (χ1n) is 3.91. The van der Waals surface area contributed by atoms with Gasteiger partial charge in [-0.05, 0) is 18.6 Å². The molecule has 1 atom stereocenters. The van der Waals surface area contributed by atoms with E-state index < -0.39 is 5.92 Å². The second-order valence-corrected chi connectivity index (χ2v) is 2.80. The van der Waals surface area contributed by atoms with Crippen LogP contribution < -0.4 is 5.73 Å². The third kappa shape index (κ3) is 1.85. The molecule has 0 aliphatic rings. The lowest BCUT2D eigenvalue weighted by Gasteiger charge is -2.07. The standard InChI is InChI=1S/C10H10N2O/c1-7(13)9(6-11)8-4-2-3-5-10(8)12/h2-5,9H,12H2,1H3/t9-/m0/s1. The number of hydrogen-bond acceptors (Lipinski definition) is 3. The van der Waals surface area contributed by atoms with Crippen LogP contribution in [0.3, 0.4) is 0 Å². The van der Waals surface area contributed by atoms with Crippen molar-refractivity contribution in [2.24, 2.45) is 0 Å². The Morgan fingerprint density at radius 3 is 2.62 bits per heavy atom. The number of nitriles is 1. The molecule has 1 aromatic carbocycles. The predicted molar refractivity (Wildman–Crippen MR) is 49.9 cm³/mol. The monoisotopic (exact) mass is 174 g/mol. The number of nitrogens with two attached hydrogens (primary N) is 1. The highest BCUT2D eigenvalue weighted by atomic mass is 16.1. The molecule has 13 heavy (non-hydrogen) atoms. The van der Waals surface area contributed by atoms with Gasteiger partial charge < -0.3 is 5.73 Å². The Morgan fingerprint density at radius 2 is 2.15 bits per heavy atom. The van der Waals surface area contributed by atoms with Crippen molar-refractivity contribution < 1.29 is 4.79 Å². The molecule has 0 heterocycles. The van der Waals surface area contributed by atoms with E-state index in [9.17, 15) is 4.79 Å². The topological polar surface area (TPSA) is 66.9 Å². The van der Waals surface area contributed by atoms with E-state index in [0.29, 0.717) is 11.3 Å². The third-order valence-corrected chi connectivity index (χ3v) is 1.84. The molecule has 0 fully saturated rings. The van der Waals surface area contributed by atoms with E-state index in [0.717, 1.165) is 0 Å². The summed E-state index contributed by atoms with van der Waals surface area (Å²) in [6, 6.07) is 8.85. The summed E-state index contributed by atoms with van der Waals surface area (Å²) in [7, 11) is 0. The minimum Gasteiger partial charge on any atom is -0.398 e. The van der Waals surface area contributed by atoms with Crippen LogP contribution >= 0.6 is 0 Å². The molecule has 1 aromatic rings. The van der Waals surface area contributed by atoms with Crippen molar-refractivity contribution >= 4 is 11.5 Å². The highest BCUT2D eigenvalue weighted by molar-refractivity contribution is 5.87. The second kappa shape index (κ2) is 3.72. The van der Waals surface area contributed by atoms with Crippen LogP contribution in [0.15, 0.2) is 24.3 Å². The molecule has 0 unspecified atom stereocenters. The average molecular weight is 174 g/mol. The SMILES string of the molecule is CC(=O)[C@H](C#N)c1ccccc1N. The number of nitrogens with zero attached hydrogens (tertiary/aromatic N) is 1. The van der Waals surface area contributed by atoms with Gasteiger partial charge in [0.25, 0.3) is 0 Å². The maximum absolute atomic E-state index is 11.0. The number of carbonyl (C=O) groups is 1.